The Balaban J connectivity index is 2.63. The maximum atomic E-state index is 10.6. The lowest BCUT2D eigenvalue weighted by Gasteiger charge is -2.07. The monoisotopic (exact) mass is 223 g/mol. The minimum atomic E-state index is -0.416. The molecule has 1 heterocycles. The summed E-state index contributed by atoms with van der Waals surface area (Å²) in [7, 11) is 0. The van der Waals surface area contributed by atoms with E-state index < -0.39 is 4.92 Å². The van der Waals surface area contributed by atoms with Gasteiger partial charge in [0.05, 0.1) is 4.92 Å². The molecule has 0 aliphatic rings. The number of nitrogens with zero attached hydrogens (tertiary/aromatic N) is 2. The summed E-state index contributed by atoms with van der Waals surface area (Å²) in [5.41, 5.74) is 0.696. The fourth-order valence-corrected chi connectivity index (χ4v) is 1.33. The number of aryl methyl sites for hydroxylation is 1. The van der Waals surface area contributed by atoms with Crippen LogP contribution in [0.25, 0.3) is 0 Å². The van der Waals surface area contributed by atoms with E-state index in [4.69, 9.17) is 0 Å². The van der Waals surface area contributed by atoms with Crippen LogP contribution in [-0.4, -0.2) is 16.5 Å². The highest BCUT2D eigenvalue weighted by Gasteiger charge is 2.10. The molecule has 5 nitrogen and oxygen atoms in total. The number of pyridine rings is 1. The molecule has 0 aliphatic carbocycles. The summed E-state index contributed by atoms with van der Waals surface area (Å²) >= 11 is 0. The third-order valence-corrected chi connectivity index (χ3v) is 2.31. The highest BCUT2D eigenvalue weighted by molar-refractivity contribution is 5.46. The van der Waals surface area contributed by atoms with Crippen LogP contribution in [0.1, 0.15) is 25.8 Å². The van der Waals surface area contributed by atoms with E-state index in [1.807, 2.05) is 0 Å². The Labute approximate surface area is 95.0 Å². The number of aromatic nitrogens is 1. The van der Waals surface area contributed by atoms with Gasteiger partial charge in [0.2, 0.25) is 0 Å². The van der Waals surface area contributed by atoms with Gasteiger partial charge in [-0.2, -0.15) is 0 Å². The zero-order valence-electron chi connectivity index (χ0n) is 9.86. The third kappa shape index (κ3) is 3.49. The number of hydrogen-bond donors (Lipinski definition) is 1. The normalized spacial score (nSPS) is 10.5. The minimum absolute atomic E-state index is 0.0643. The molecule has 88 valence electrons. The molecular weight excluding hydrogens is 206 g/mol. The van der Waals surface area contributed by atoms with E-state index in [0.717, 1.165) is 13.0 Å². The molecule has 1 rings (SSSR count). The van der Waals surface area contributed by atoms with Crippen LogP contribution in [-0.2, 0) is 0 Å². The lowest BCUT2D eigenvalue weighted by atomic mass is 10.1. The zero-order valence-corrected chi connectivity index (χ0v) is 9.86. The van der Waals surface area contributed by atoms with Crippen LogP contribution in [0.2, 0.25) is 0 Å². The standard InChI is InChI=1S/C11H17N3O2/c1-8(2)4-5-12-11-6-9(3)10(7-13-11)14(15)16/h6-8H,4-5H2,1-3H3,(H,12,13). The van der Waals surface area contributed by atoms with Gasteiger partial charge in [-0.3, -0.25) is 10.1 Å². The largest absolute Gasteiger partial charge is 0.370 e. The molecule has 0 amide bonds. The number of nitro groups is 1. The van der Waals surface area contributed by atoms with Crippen LogP contribution in [0, 0.1) is 23.0 Å². The smallest absolute Gasteiger partial charge is 0.290 e. The van der Waals surface area contributed by atoms with Gasteiger partial charge in [-0.25, -0.2) is 4.98 Å². The lowest BCUT2D eigenvalue weighted by Crippen LogP contribution is -2.06. The molecule has 0 radical (unpaired) electrons. The number of nitrogens with one attached hydrogen (secondary N) is 1. The number of rotatable bonds is 5. The van der Waals surface area contributed by atoms with Gasteiger partial charge in [-0.15, -0.1) is 0 Å². The van der Waals surface area contributed by atoms with Crippen LogP contribution in [0.15, 0.2) is 12.3 Å². The van der Waals surface area contributed by atoms with Gasteiger partial charge < -0.3 is 5.32 Å². The molecule has 0 saturated carbocycles. The Morgan fingerprint density at radius 3 is 2.75 bits per heavy atom. The molecular formula is C11H17N3O2. The first-order chi connectivity index (χ1) is 7.50. The second kappa shape index (κ2) is 5.44. The van der Waals surface area contributed by atoms with Crippen LogP contribution < -0.4 is 5.32 Å². The Bertz CT molecular complexity index is 377. The molecule has 0 aliphatic heterocycles. The minimum Gasteiger partial charge on any atom is -0.370 e. The molecule has 0 aromatic carbocycles. The fraction of sp³-hybridized carbons (Fsp3) is 0.545. The van der Waals surface area contributed by atoms with E-state index >= 15 is 0 Å². The summed E-state index contributed by atoms with van der Waals surface area (Å²) in [6.45, 7) is 6.85. The van der Waals surface area contributed by atoms with Gasteiger partial charge in [0, 0.05) is 12.1 Å². The van der Waals surface area contributed by atoms with Crippen molar-refractivity contribution >= 4 is 11.5 Å². The number of hydrogen-bond acceptors (Lipinski definition) is 4. The maximum Gasteiger partial charge on any atom is 0.290 e. The van der Waals surface area contributed by atoms with Crippen molar-refractivity contribution in [1.29, 1.82) is 0 Å². The molecule has 5 heteroatoms. The third-order valence-electron chi connectivity index (χ3n) is 2.31. The molecule has 16 heavy (non-hydrogen) atoms. The molecule has 1 aromatic rings. The summed E-state index contributed by atoms with van der Waals surface area (Å²) in [5, 5.41) is 13.7. The van der Waals surface area contributed by atoms with E-state index in [2.05, 4.69) is 24.1 Å². The topological polar surface area (TPSA) is 68.1 Å². The Morgan fingerprint density at radius 1 is 1.56 bits per heavy atom. The van der Waals surface area contributed by atoms with Crippen LogP contribution in [0.5, 0.6) is 0 Å². The van der Waals surface area contributed by atoms with Crippen molar-refractivity contribution in [2.75, 3.05) is 11.9 Å². The zero-order chi connectivity index (χ0) is 12.1. The molecule has 0 bridgehead atoms. The van der Waals surface area contributed by atoms with Crippen molar-refractivity contribution in [2.24, 2.45) is 5.92 Å². The highest BCUT2D eigenvalue weighted by Crippen LogP contribution is 2.18. The molecule has 0 unspecified atom stereocenters. The van der Waals surface area contributed by atoms with Crippen molar-refractivity contribution in [1.82, 2.24) is 4.98 Å². The van der Waals surface area contributed by atoms with Crippen molar-refractivity contribution in [3.63, 3.8) is 0 Å². The van der Waals surface area contributed by atoms with Gasteiger partial charge in [0.25, 0.3) is 5.69 Å². The van der Waals surface area contributed by atoms with E-state index in [9.17, 15) is 10.1 Å². The van der Waals surface area contributed by atoms with Gasteiger partial charge in [0.1, 0.15) is 12.0 Å². The quantitative estimate of drug-likeness (QED) is 0.615. The van der Waals surface area contributed by atoms with Crippen molar-refractivity contribution in [3.8, 4) is 0 Å². The second-order valence-electron chi connectivity index (χ2n) is 4.22. The SMILES string of the molecule is Cc1cc(NCCC(C)C)ncc1[N+](=O)[O-]. The molecule has 1 N–H and O–H groups in total. The predicted molar refractivity (Wildman–Crippen MR) is 63.6 cm³/mol. The molecule has 0 saturated heterocycles. The predicted octanol–water partition coefficient (Wildman–Crippen LogP) is 2.76. The van der Waals surface area contributed by atoms with Gasteiger partial charge in [0.15, 0.2) is 0 Å². The highest BCUT2D eigenvalue weighted by atomic mass is 16.6. The molecule has 0 fully saturated rings. The molecule has 0 spiro atoms. The van der Waals surface area contributed by atoms with Crippen LogP contribution >= 0.6 is 0 Å². The van der Waals surface area contributed by atoms with Gasteiger partial charge in [-0.05, 0) is 25.3 Å². The van der Waals surface area contributed by atoms with E-state index in [0.29, 0.717) is 17.3 Å². The van der Waals surface area contributed by atoms with Gasteiger partial charge >= 0.3 is 0 Å². The van der Waals surface area contributed by atoms with E-state index in [1.54, 1.807) is 13.0 Å². The molecule has 0 atom stereocenters. The Morgan fingerprint density at radius 2 is 2.25 bits per heavy atom. The molecule has 1 aromatic heterocycles. The maximum absolute atomic E-state index is 10.6. The Kier molecular flexibility index (Phi) is 4.22. The first kappa shape index (κ1) is 12.4. The summed E-state index contributed by atoms with van der Waals surface area (Å²) in [6, 6.07) is 1.71. The van der Waals surface area contributed by atoms with Crippen LogP contribution in [0.4, 0.5) is 11.5 Å². The lowest BCUT2D eigenvalue weighted by molar-refractivity contribution is -0.385. The average Bonchev–Trinajstić information content (AvgIpc) is 2.16. The first-order valence-corrected chi connectivity index (χ1v) is 5.35. The summed E-state index contributed by atoms with van der Waals surface area (Å²) in [6.07, 6.45) is 2.35. The second-order valence-corrected chi connectivity index (χ2v) is 4.22. The first-order valence-electron chi connectivity index (χ1n) is 5.35. The average molecular weight is 223 g/mol. The summed E-state index contributed by atoms with van der Waals surface area (Å²) < 4.78 is 0. The van der Waals surface area contributed by atoms with Crippen LogP contribution in [0.3, 0.4) is 0 Å². The van der Waals surface area contributed by atoms with Crippen molar-refractivity contribution in [3.05, 3.63) is 27.9 Å². The van der Waals surface area contributed by atoms with Crippen molar-refractivity contribution < 1.29 is 4.92 Å². The van der Waals surface area contributed by atoms with E-state index in [1.165, 1.54) is 6.20 Å². The summed E-state index contributed by atoms with van der Waals surface area (Å²) in [4.78, 5) is 14.2. The van der Waals surface area contributed by atoms with Gasteiger partial charge in [-0.1, -0.05) is 13.8 Å². The fourth-order valence-electron chi connectivity index (χ4n) is 1.33. The van der Waals surface area contributed by atoms with Crippen molar-refractivity contribution in [2.45, 2.75) is 27.2 Å². The Hall–Kier alpha value is -1.65. The number of anilines is 1. The summed E-state index contributed by atoms with van der Waals surface area (Å²) in [5.74, 6) is 1.33. The van der Waals surface area contributed by atoms with E-state index in [-0.39, 0.29) is 5.69 Å².